The quantitative estimate of drug-likeness (QED) is 0.465. The normalized spacial score (nSPS) is 42.4. The van der Waals surface area contributed by atoms with Crippen molar-refractivity contribution in [3.63, 3.8) is 0 Å². The van der Waals surface area contributed by atoms with Crippen LogP contribution in [0.5, 0.6) is 0 Å². The van der Waals surface area contributed by atoms with Crippen LogP contribution in [-0.4, -0.2) is 33.4 Å². The number of hydrogen-bond donors (Lipinski definition) is 3. The van der Waals surface area contributed by atoms with Crippen LogP contribution in [0.15, 0.2) is 18.3 Å². The lowest BCUT2D eigenvalue weighted by Gasteiger charge is -2.68. The van der Waals surface area contributed by atoms with E-state index in [4.69, 9.17) is 16.2 Å². The fourth-order valence-corrected chi connectivity index (χ4v) is 10.4. The van der Waals surface area contributed by atoms with Gasteiger partial charge in [0.05, 0.1) is 11.2 Å². The smallest absolute Gasteiger partial charge is 0.123 e. The monoisotopic (exact) mass is 495 g/mol. The maximum absolute atomic E-state index is 10.1. The largest absolute Gasteiger partial charge is 0.396 e. The first kappa shape index (κ1) is 25.1. The van der Waals surface area contributed by atoms with Crippen molar-refractivity contribution < 1.29 is 9.84 Å². The first-order valence-corrected chi connectivity index (χ1v) is 15.1. The van der Waals surface area contributed by atoms with Gasteiger partial charge < -0.3 is 21.3 Å². The van der Waals surface area contributed by atoms with E-state index in [-0.39, 0.29) is 23.3 Å². The molecule has 2 bridgehead atoms. The van der Waals surface area contributed by atoms with E-state index in [2.05, 4.69) is 18.0 Å². The van der Waals surface area contributed by atoms with Gasteiger partial charge in [-0.1, -0.05) is 31.7 Å². The molecular weight excluding hydrogens is 446 g/mol. The number of hydrogen-bond acceptors (Lipinski definition) is 5. The summed E-state index contributed by atoms with van der Waals surface area (Å²) in [7, 11) is 0. The molecule has 0 amide bonds. The highest BCUT2D eigenvalue weighted by atomic mass is 16.5. The number of pyridine rings is 1. The maximum atomic E-state index is 10.1. The van der Waals surface area contributed by atoms with Crippen LogP contribution in [-0.2, 0) is 11.2 Å². The van der Waals surface area contributed by atoms with Gasteiger partial charge in [-0.25, -0.2) is 4.98 Å². The standard InChI is InChI=1S/C31H49N3O2/c1-28(24-6-2-3-7-24)26-10-13-31(36-28,21-30(26,33)14-15-35)25-17-23(16-22-8-9-27(32)34-20-22)18-29(19-25)11-4-5-12-29/h8-9,20,23-26,35H,2-7,10-19,21,33H2,1H3,(H2,32,34). The van der Waals surface area contributed by atoms with Crippen LogP contribution in [0.4, 0.5) is 5.82 Å². The van der Waals surface area contributed by atoms with E-state index in [0.29, 0.717) is 41.3 Å². The van der Waals surface area contributed by atoms with E-state index in [1.54, 1.807) is 0 Å². The highest BCUT2D eigenvalue weighted by Gasteiger charge is 2.66. The summed E-state index contributed by atoms with van der Waals surface area (Å²) >= 11 is 0. The zero-order valence-corrected chi connectivity index (χ0v) is 22.5. The Morgan fingerprint density at radius 3 is 2.50 bits per heavy atom. The van der Waals surface area contributed by atoms with Gasteiger partial charge in [0.2, 0.25) is 0 Å². The van der Waals surface area contributed by atoms with Gasteiger partial charge in [-0.15, -0.1) is 0 Å². The van der Waals surface area contributed by atoms with Gasteiger partial charge >= 0.3 is 0 Å². The van der Waals surface area contributed by atoms with Gasteiger partial charge in [0.25, 0.3) is 0 Å². The predicted octanol–water partition coefficient (Wildman–Crippen LogP) is 5.78. The summed E-state index contributed by atoms with van der Waals surface area (Å²) in [5, 5.41) is 10.1. The van der Waals surface area contributed by atoms with Crippen molar-refractivity contribution in [2.75, 3.05) is 12.3 Å². The lowest BCUT2D eigenvalue weighted by atomic mass is 9.49. The van der Waals surface area contributed by atoms with Gasteiger partial charge in [0, 0.05) is 24.3 Å². The number of ether oxygens (including phenoxy) is 1. The minimum absolute atomic E-state index is 0.135. The van der Waals surface area contributed by atoms with E-state index in [9.17, 15) is 5.11 Å². The minimum Gasteiger partial charge on any atom is -0.396 e. The van der Waals surface area contributed by atoms with Crippen LogP contribution in [0.25, 0.3) is 0 Å². The Bertz CT molecular complexity index is 924. The number of aliphatic hydroxyl groups is 1. The number of aliphatic hydroxyl groups excluding tert-OH is 1. The summed E-state index contributed by atoms with van der Waals surface area (Å²) < 4.78 is 7.55. The third kappa shape index (κ3) is 4.22. The van der Waals surface area contributed by atoms with Crippen LogP contribution in [0.3, 0.4) is 0 Å². The Kier molecular flexibility index (Phi) is 6.45. The van der Waals surface area contributed by atoms with Crippen molar-refractivity contribution in [3.05, 3.63) is 23.9 Å². The number of rotatable bonds is 6. The van der Waals surface area contributed by atoms with Crippen molar-refractivity contribution in [1.29, 1.82) is 0 Å². The zero-order chi connectivity index (χ0) is 25.0. The van der Waals surface area contributed by atoms with Gasteiger partial charge in [-0.05, 0) is 119 Å². The molecule has 2 saturated heterocycles. The topological polar surface area (TPSA) is 94.4 Å². The molecule has 6 aliphatic rings. The molecule has 6 fully saturated rings. The first-order valence-electron chi connectivity index (χ1n) is 15.1. The summed E-state index contributed by atoms with van der Waals surface area (Å²) in [6.07, 6.45) is 21.6. The number of nitrogen functional groups attached to an aromatic ring is 1. The molecule has 1 aromatic heterocycles. The summed E-state index contributed by atoms with van der Waals surface area (Å²) in [5.41, 5.74) is 14.4. The molecule has 4 saturated carbocycles. The van der Waals surface area contributed by atoms with Gasteiger partial charge in [0.1, 0.15) is 5.82 Å². The molecule has 36 heavy (non-hydrogen) atoms. The van der Waals surface area contributed by atoms with Crippen molar-refractivity contribution in [2.24, 2.45) is 34.8 Å². The second-order valence-corrected chi connectivity index (χ2v) is 14.0. The maximum Gasteiger partial charge on any atom is 0.123 e. The van der Waals surface area contributed by atoms with E-state index in [0.717, 1.165) is 19.3 Å². The summed E-state index contributed by atoms with van der Waals surface area (Å²) in [4.78, 5) is 4.39. The molecule has 0 radical (unpaired) electrons. The minimum atomic E-state index is -0.306. The first-order chi connectivity index (χ1) is 17.3. The van der Waals surface area contributed by atoms with Crippen LogP contribution >= 0.6 is 0 Å². The number of nitrogens with zero attached hydrogens (tertiary/aromatic N) is 1. The Morgan fingerprint density at radius 2 is 1.81 bits per heavy atom. The van der Waals surface area contributed by atoms with E-state index in [1.807, 2.05) is 12.3 Å². The number of aromatic nitrogens is 1. The predicted molar refractivity (Wildman–Crippen MR) is 144 cm³/mol. The average molecular weight is 496 g/mol. The van der Waals surface area contributed by atoms with Gasteiger partial charge in [-0.3, -0.25) is 0 Å². The molecular formula is C31H49N3O2. The number of fused-ring (bicyclic) bond motifs is 3. The second-order valence-electron chi connectivity index (χ2n) is 14.0. The number of anilines is 1. The van der Waals surface area contributed by atoms with E-state index < -0.39 is 0 Å². The molecule has 5 N–H and O–H groups in total. The zero-order valence-electron chi connectivity index (χ0n) is 22.5. The molecule has 0 aromatic carbocycles. The Labute approximate surface area is 218 Å². The number of nitrogens with two attached hydrogens (primary N) is 2. The Balaban J connectivity index is 1.33. The SMILES string of the molecule is CC1(C2CCCC2)OC2(C3CC(Cc4ccc(N)nc4)CC4(CCCC4)C3)CCC1C(N)(CCO)C2. The van der Waals surface area contributed by atoms with Crippen molar-refractivity contribution in [3.8, 4) is 0 Å². The van der Waals surface area contributed by atoms with Crippen molar-refractivity contribution in [2.45, 2.75) is 126 Å². The highest BCUT2D eigenvalue weighted by Crippen LogP contribution is 2.65. The molecule has 4 aliphatic carbocycles. The third-order valence-electron chi connectivity index (χ3n) is 11.8. The molecule has 7 rings (SSSR count). The van der Waals surface area contributed by atoms with Crippen LogP contribution in [0, 0.1) is 29.1 Å². The third-order valence-corrected chi connectivity index (χ3v) is 11.8. The lowest BCUT2D eigenvalue weighted by Crippen LogP contribution is -2.74. The summed E-state index contributed by atoms with van der Waals surface area (Å²) in [6.45, 7) is 2.61. The average Bonchev–Trinajstić information content (AvgIpc) is 3.54. The lowest BCUT2D eigenvalue weighted by molar-refractivity contribution is -0.312. The molecule has 5 nitrogen and oxygen atoms in total. The molecule has 6 atom stereocenters. The molecule has 1 spiro atoms. The Morgan fingerprint density at radius 1 is 1.03 bits per heavy atom. The second kappa shape index (κ2) is 9.24. The fraction of sp³-hybridized carbons (Fsp3) is 0.839. The van der Waals surface area contributed by atoms with Crippen LogP contribution in [0.2, 0.25) is 0 Å². The molecule has 1 aromatic rings. The van der Waals surface area contributed by atoms with E-state index in [1.165, 1.54) is 82.6 Å². The van der Waals surface area contributed by atoms with Crippen molar-refractivity contribution in [1.82, 2.24) is 4.98 Å². The van der Waals surface area contributed by atoms with Crippen LogP contribution < -0.4 is 11.5 Å². The highest BCUT2D eigenvalue weighted by molar-refractivity contribution is 5.29. The molecule has 200 valence electrons. The molecule has 3 heterocycles. The van der Waals surface area contributed by atoms with E-state index >= 15 is 0 Å². The summed E-state index contributed by atoms with van der Waals surface area (Å²) in [6, 6.07) is 4.13. The molecule has 2 aliphatic heterocycles. The fourth-order valence-electron chi connectivity index (χ4n) is 10.4. The Hall–Kier alpha value is -1.17. The van der Waals surface area contributed by atoms with Crippen molar-refractivity contribution >= 4 is 5.82 Å². The van der Waals surface area contributed by atoms with Gasteiger partial charge in [0.15, 0.2) is 0 Å². The molecule has 6 unspecified atom stereocenters. The van der Waals surface area contributed by atoms with Gasteiger partial charge in [-0.2, -0.15) is 0 Å². The molecule has 5 heteroatoms. The van der Waals surface area contributed by atoms with Crippen LogP contribution in [0.1, 0.15) is 109 Å². The summed E-state index contributed by atoms with van der Waals surface area (Å²) in [5.74, 6) is 2.80.